The zero-order valence-corrected chi connectivity index (χ0v) is 15.3. The summed E-state index contributed by atoms with van der Waals surface area (Å²) in [6.45, 7) is 8.06. The molecule has 0 spiro atoms. The second-order valence-corrected chi connectivity index (χ2v) is 4.35. The number of hydrogen-bond donors (Lipinski definition) is 2. The van der Waals surface area contributed by atoms with Crippen molar-refractivity contribution in [3.63, 3.8) is 0 Å². The van der Waals surface area contributed by atoms with Crippen LogP contribution in [0.15, 0.2) is 29.4 Å². The molecule has 1 aromatic rings. The van der Waals surface area contributed by atoms with Crippen molar-refractivity contribution in [1.82, 2.24) is 15.6 Å². The van der Waals surface area contributed by atoms with Gasteiger partial charge in [-0.2, -0.15) is 0 Å². The van der Waals surface area contributed by atoms with Crippen molar-refractivity contribution in [3.8, 4) is 0 Å². The molecule has 0 aromatic carbocycles. The highest BCUT2D eigenvalue weighted by Crippen LogP contribution is 1.95. The average Bonchev–Trinajstić information content (AvgIpc) is 2.49. The van der Waals surface area contributed by atoms with E-state index in [9.17, 15) is 0 Å². The number of nitrogens with zero attached hydrogens (tertiary/aromatic N) is 2. The van der Waals surface area contributed by atoms with Gasteiger partial charge in [-0.1, -0.05) is 6.07 Å². The van der Waals surface area contributed by atoms with Gasteiger partial charge in [-0.3, -0.25) is 4.98 Å². The Morgan fingerprint density at radius 3 is 2.76 bits per heavy atom. The van der Waals surface area contributed by atoms with Crippen LogP contribution >= 0.6 is 24.0 Å². The Labute approximate surface area is 145 Å². The maximum Gasteiger partial charge on any atom is 0.191 e. The molecular formula is C15H27IN4O. The first-order valence-corrected chi connectivity index (χ1v) is 7.36. The van der Waals surface area contributed by atoms with Gasteiger partial charge in [-0.15, -0.1) is 24.0 Å². The molecule has 0 unspecified atom stereocenters. The summed E-state index contributed by atoms with van der Waals surface area (Å²) in [7, 11) is 0. The number of hydrogen-bond acceptors (Lipinski definition) is 3. The van der Waals surface area contributed by atoms with Crippen LogP contribution in [0.25, 0.3) is 0 Å². The first kappa shape index (κ1) is 20.1. The van der Waals surface area contributed by atoms with Gasteiger partial charge < -0.3 is 15.4 Å². The third-order valence-electron chi connectivity index (χ3n) is 2.68. The lowest BCUT2D eigenvalue weighted by atomic mass is 10.3. The van der Waals surface area contributed by atoms with Crippen molar-refractivity contribution in [2.75, 3.05) is 26.3 Å². The van der Waals surface area contributed by atoms with E-state index in [1.54, 1.807) is 6.20 Å². The topological polar surface area (TPSA) is 58.5 Å². The van der Waals surface area contributed by atoms with E-state index in [0.29, 0.717) is 6.54 Å². The molecule has 0 aliphatic rings. The zero-order valence-electron chi connectivity index (χ0n) is 13.0. The van der Waals surface area contributed by atoms with E-state index >= 15 is 0 Å². The molecule has 0 radical (unpaired) electrons. The Morgan fingerprint density at radius 2 is 2.10 bits per heavy atom. The summed E-state index contributed by atoms with van der Waals surface area (Å²) in [5, 5.41) is 6.56. The van der Waals surface area contributed by atoms with Crippen molar-refractivity contribution < 1.29 is 4.74 Å². The summed E-state index contributed by atoms with van der Waals surface area (Å²) in [6, 6.07) is 5.87. The number of guanidine groups is 1. The molecule has 21 heavy (non-hydrogen) atoms. The average molecular weight is 406 g/mol. The fraction of sp³-hybridized carbons (Fsp3) is 0.600. The largest absolute Gasteiger partial charge is 0.382 e. The van der Waals surface area contributed by atoms with Crippen LogP contribution in [-0.4, -0.2) is 37.2 Å². The summed E-state index contributed by atoms with van der Waals surface area (Å²) in [4.78, 5) is 8.78. The minimum absolute atomic E-state index is 0. The summed E-state index contributed by atoms with van der Waals surface area (Å²) in [6.07, 6.45) is 3.94. The lowest BCUT2D eigenvalue weighted by molar-refractivity contribution is 0.143. The molecule has 0 aliphatic heterocycles. The molecule has 1 heterocycles. The van der Waals surface area contributed by atoms with Gasteiger partial charge in [0.25, 0.3) is 0 Å². The van der Waals surface area contributed by atoms with Crippen molar-refractivity contribution in [2.24, 2.45) is 4.99 Å². The molecule has 0 saturated heterocycles. The lowest BCUT2D eigenvalue weighted by Gasteiger charge is -2.11. The number of pyridine rings is 1. The predicted octanol–water partition coefficient (Wildman–Crippen LogP) is 2.57. The van der Waals surface area contributed by atoms with E-state index in [2.05, 4.69) is 27.5 Å². The van der Waals surface area contributed by atoms with Gasteiger partial charge in [0.2, 0.25) is 0 Å². The third-order valence-corrected chi connectivity index (χ3v) is 2.68. The number of ether oxygens (including phenoxy) is 1. The fourth-order valence-corrected chi connectivity index (χ4v) is 1.67. The summed E-state index contributed by atoms with van der Waals surface area (Å²) in [5.74, 6) is 0.842. The number of rotatable bonds is 9. The minimum Gasteiger partial charge on any atom is -0.382 e. The van der Waals surface area contributed by atoms with E-state index in [1.165, 1.54) is 0 Å². The van der Waals surface area contributed by atoms with Crippen LogP contribution in [0.1, 0.15) is 32.4 Å². The predicted molar refractivity (Wildman–Crippen MR) is 98.2 cm³/mol. The number of nitrogens with one attached hydrogen (secondary N) is 2. The molecule has 1 aromatic heterocycles. The smallest absolute Gasteiger partial charge is 0.191 e. The van der Waals surface area contributed by atoms with Crippen LogP contribution in [0.2, 0.25) is 0 Å². The van der Waals surface area contributed by atoms with Crippen molar-refractivity contribution in [2.45, 2.75) is 33.2 Å². The standard InChI is InChI=1S/C15H26N4O.HI/c1-3-16-15(18-11-7-8-12-20-4-2)19-13-14-9-5-6-10-17-14;/h5-6,9-10H,3-4,7-8,11-13H2,1-2H3,(H2,16,18,19);1H. The Hall–Kier alpha value is -0.890. The van der Waals surface area contributed by atoms with Gasteiger partial charge in [0.15, 0.2) is 5.96 Å². The normalized spacial score (nSPS) is 10.9. The first-order valence-electron chi connectivity index (χ1n) is 7.36. The van der Waals surface area contributed by atoms with Crippen LogP contribution in [-0.2, 0) is 11.3 Å². The Kier molecular flexibility index (Phi) is 13.5. The first-order chi connectivity index (χ1) is 9.86. The molecule has 0 aliphatic carbocycles. The fourth-order valence-electron chi connectivity index (χ4n) is 1.67. The highest BCUT2D eigenvalue weighted by Gasteiger charge is 1.97. The van der Waals surface area contributed by atoms with Crippen LogP contribution in [0.3, 0.4) is 0 Å². The lowest BCUT2D eigenvalue weighted by Crippen LogP contribution is -2.37. The molecular weight excluding hydrogens is 379 g/mol. The molecule has 5 nitrogen and oxygen atoms in total. The molecule has 6 heteroatoms. The van der Waals surface area contributed by atoms with Crippen molar-refractivity contribution in [3.05, 3.63) is 30.1 Å². The van der Waals surface area contributed by atoms with E-state index in [1.807, 2.05) is 25.1 Å². The summed E-state index contributed by atoms with van der Waals surface area (Å²) in [5.41, 5.74) is 0.973. The zero-order chi connectivity index (χ0) is 14.5. The minimum atomic E-state index is 0. The molecule has 0 fully saturated rings. The van der Waals surface area contributed by atoms with E-state index in [-0.39, 0.29) is 24.0 Å². The Bertz CT molecular complexity index is 373. The van der Waals surface area contributed by atoms with Gasteiger partial charge in [-0.25, -0.2) is 4.99 Å². The second kappa shape index (κ2) is 14.1. The van der Waals surface area contributed by atoms with Crippen molar-refractivity contribution >= 4 is 29.9 Å². The van der Waals surface area contributed by atoms with E-state index < -0.39 is 0 Å². The SMILES string of the molecule is CCNC(=NCc1ccccn1)NCCCCOCC.I. The summed E-state index contributed by atoms with van der Waals surface area (Å²) >= 11 is 0. The molecule has 0 atom stereocenters. The monoisotopic (exact) mass is 406 g/mol. The highest BCUT2D eigenvalue weighted by molar-refractivity contribution is 14.0. The molecule has 0 amide bonds. The molecule has 1 rings (SSSR count). The second-order valence-electron chi connectivity index (χ2n) is 4.35. The molecule has 120 valence electrons. The summed E-state index contributed by atoms with van der Waals surface area (Å²) < 4.78 is 5.31. The van der Waals surface area contributed by atoms with Crippen LogP contribution in [0, 0.1) is 0 Å². The third kappa shape index (κ3) is 10.5. The quantitative estimate of drug-likeness (QED) is 0.287. The highest BCUT2D eigenvalue weighted by atomic mass is 127. The maximum absolute atomic E-state index is 5.31. The van der Waals surface area contributed by atoms with Gasteiger partial charge in [-0.05, 0) is 38.8 Å². The molecule has 0 saturated carbocycles. The number of aromatic nitrogens is 1. The Morgan fingerprint density at radius 1 is 1.24 bits per heavy atom. The van der Waals surface area contributed by atoms with Crippen LogP contribution in [0.4, 0.5) is 0 Å². The molecule has 0 bridgehead atoms. The van der Waals surface area contributed by atoms with Gasteiger partial charge in [0, 0.05) is 32.5 Å². The van der Waals surface area contributed by atoms with Gasteiger partial charge in [0.05, 0.1) is 12.2 Å². The van der Waals surface area contributed by atoms with E-state index in [4.69, 9.17) is 4.74 Å². The number of aliphatic imine (C=N–C) groups is 1. The maximum atomic E-state index is 5.31. The van der Waals surface area contributed by atoms with Gasteiger partial charge >= 0.3 is 0 Å². The Balaban J connectivity index is 0.00000400. The van der Waals surface area contributed by atoms with Crippen LogP contribution < -0.4 is 10.6 Å². The number of halogens is 1. The van der Waals surface area contributed by atoms with E-state index in [0.717, 1.165) is 50.8 Å². The molecule has 2 N–H and O–H groups in total. The van der Waals surface area contributed by atoms with Crippen LogP contribution in [0.5, 0.6) is 0 Å². The number of unbranched alkanes of at least 4 members (excludes halogenated alkanes) is 1. The van der Waals surface area contributed by atoms with Gasteiger partial charge in [0.1, 0.15) is 0 Å². The van der Waals surface area contributed by atoms with Crippen molar-refractivity contribution in [1.29, 1.82) is 0 Å².